The lowest BCUT2D eigenvalue weighted by atomic mass is 10.0. The van der Waals surface area contributed by atoms with Crippen molar-refractivity contribution in [1.29, 1.82) is 0 Å². The normalized spacial score (nSPS) is 13.1. The molecule has 2 aromatic rings. The van der Waals surface area contributed by atoms with E-state index in [1.165, 1.54) is 12.3 Å². The average Bonchev–Trinajstić information content (AvgIpc) is 2.68. The van der Waals surface area contributed by atoms with Crippen molar-refractivity contribution in [3.05, 3.63) is 45.6 Å². The van der Waals surface area contributed by atoms with Crippen molar-refractivity contribution in [1.82, 2.24) is 9.88 Å². The van der Waals surface area contributed by atoms with E-state index >= 15 is 0 Å². The van der Waals surface area contributed by atoms with Gasteiger partial charge in [0.05, 0.1) is 5.52 Å². The second-order valence-corrected chi connectivity index (χ2v) is 4.55. The van der Waals surface area contributed by atoms with E-state index in [4.69, 9.17) is 0 Å². The van der Waals surface area contributed by atoms with Crippen molar-refractivity contribution >= 4 is 10.9 Å². The fourth-order valence-electron chi connectivity index (χ4n) is 2.15. The second kappa shape index (κ2) is 4.93. The minimum atomic E-state index is -0.721. The first kappa shape index (κ1) is 13.4. The van der Waals surface area contributed by atoms with Gasteiger partial charge in [-0.15, -0.1) is 0 Å². The van der Waals surface area contributed by atoms with Crippen LogP contribution < -0.4 is 0 Å². The molecule has 19 heavy (non-hydrogen) atoms. The maximum Gasteiger partial charge on any atom is 0.223 e. The van der Waals surface area contributed by atoms with E-state index in [0.717, 1.165) is 6.07 Å². The summed E-state index contributed by atoms with van der Waals surface area (Å²) in [6, 6.07) is 1.36. The predicted molar refractivity (Wildman–Crippen MR) is 66.5 cm³/mol. The molecule has 0 saturated heterocycles. The monoisotopic (exact) mass is 269 g/mol. The van der Waals surface area contributed by atoms with Crippen LogP contribution in [0.15, 0.2) is 18.3 Å². The van der Waals surface area contributed by atoms with Crippen LogP contribution in [0.5, 0.6) is 0 Å². The Bertz CT molecular complexity index is 625. The molecule has 5 nitrogen and oxygen atoms in total. The maximum absolute atomic E-state index is 13.9. The minimum absolute atomic E-state index is 0.196. The lowest BCUT2D eigenvalue weighted by molar-refractivity contribution is -0.487. The summed E-state index contributed by atoms with van der Waals surface area (Å²) in [5.74, 6) is -1.41. The summed E-state index contributed by atoms with van der Waals surface area (Å²) in [6.45, 7) is -0.350. The minimum Gasteiger partial charge on any atom is -0.361 e. The van der Waals surface area contributed by atoms with Gasteiger partial charge in [-0.3, -0.25) is 15.0 Å². The molecule has 0 bridgehead atoms. The van der Waals surface area contributed by atoms with Crippen LogP contribution in [0.2, 0.25) is 0 Å². The number of likely N-dealkylation sites (N-methyl/N-ethyl adjacent to an activating group) is 1. The van der Waals surface area contributed by atoms with Crippen molar-refractivity contribution in [3.63, 3.8) is 0 Å². The summed E-state index contributed by atoms with van der Waals surface area (Å²) in [5.41, 5.74) is 0.747. The highest BCUT2D eigenvalue weighted by Gasteiger charge is 2.25. The number of halogens is 2. The van der Waals surface area contributed by atoms with Crippen LogP contribution in [0.4, 0.5) is 8.78 Å². The fraction of sp³-hybridized carbons (Fsp3) is 0.333. The molecule has 1 atom stereocenters. The topological polar surface area (TPSA) is 62.2 Å². The van der Waals surface area contributed by atoms with Crippen molar-refractivity contribution in [2.45, 2.75) is 6.04 Å². The molecule has 0 aliphatic heterocycles. The molecule has 0 aliphatic carbocycles. The third kappa shape index (κ3) is 2.55. The van der Waals surface area contributed by atoms with Crippen LogP contribution in [0.25, 0.3) is 10.9 Å². The maximum atomic E-state index is 13.9. The molecule has 0 aliphatic rings. The Morgan fingerprint density at radius 1 is 1.42 bits per heavy atom. The van der Waals surface area contributed by atoms with Crippen LogP contribution in [0.1, 0.15) is 11.6 Å². The average molecular weight is 269 g/mol. The second-order valence-electron chi connectivity index (χ2n) is 4.55. The van der Waals surface area contributed by atoms with Gasteiger partial charge >= 0.3 is 0 Å². The van der Waals surface area contributed by atoms with Crippen LogP contribution >= 0.6 is 0 Å². The number of aromatic nitrogens is 1. The quantitative estimate of drug-likeness (QED) is 0.684. The van der Waals surface area contributed by atoms with E-state index in [1.54, 1.807) is 19.0 Å². The third-order valence-corrected chi connectivity index (χ3v) is 3.03. The molecule has 102 valence electrons. The van der Waals surface area contributed by atoms with Gasteiger partial charge in [0.1, 0.15) is 17.7 Å². The van der Waals surface area contributed by atoms with Gasteiger partial charge < -0.3 is 4.98 Å². The molecule has 1 N–H and O–H groups in total. The van der Waals surface area contributed by atoms with Gasteiger partial charge in [-0.1, -0.05) is 0 Å². The van der Waals surface area contributed by atoms with Crippen molar-refractivity contribution in [2.75, 3.05) is 20.6 Å². The summed E-state index contributed by atoms with van der Waals surface area (Å²) in [4.78, 5) is 14.6. The smallest absolute Gasteiger partial charge is 0.223 e. The Balaban J connectivity index is 2.57. The highest BCUT2D eigenvalue weighted by molar-refractivity contribution is 5.84. The van der Waals surface area contributed by atoms with E-state index < -0.39 is 22.6 Å². The highest BCUT2D eigenvalue weighted by Crippen LogP contribution is 2.29. The first-order valence-electron chi connectivity index (χ1n) is 5.64. The molecular weight excluding hydrogens is 256 g/mol. The van der Waals surface area contributed by atoms with Crippen LogP contribution in [0.3, 0.4) is 0 Å². The Morgan fingerprint density at radius 2 is 2.11 bits per heavy atom. The van der Waals surface area contributed by atoms with E-state index in [0.29, 0.717) is 11.1 Å². The van der Waals surface area contributed by atoms with Gasteiger partial charge in [0, 0.05) is 28.1 Å². The molecule has 1 unspecified atom stereocenters. The summed E-state index contributed by atoms with van der Waals surface area (Å²) in [6.07, 6.45) is 1.49. The Labute approximate surface area is 108 Å². The first-order valence-corrected chi connectivity index (χ1v) is 5.64. The molecule has 0 amide bonds. The number of hydrogen-bond acceptors (Lipinski definition) is 3. The van der Waals surface area contributed by atoms with Gasteiger partial charge in [0.15, 0.2) is 0 Å². The largest absolute Gasteiger partial charge is 0.361 e. The SMILES string of the molecule is CN(C)C(C[N+](=O)[O-])c1c[nH]c2cc(F)cc(F)c12. The van der Waals surface area contributed by atoms with Crippen LogP contribution in [-0.2, 0) is 0 Å². The number of benzene rings is 1. The molecule has 0 radical (unpaired) electrons. The molecule has 1 aromatic heterocycles. The zero-order chi connectivity index (χ0) is 14.2. The molecule has 7 heteroatoms. The summed E-state index contributed by atoms with van der Waals surface area (Å²) < 4.78 is 27.0. The van der Waals surface area contributed by atoms with E-state index in [9.17, 15) is 18.9 Å². The molecule has 1 aromatic carbocycles. The molecular formula is C12H13F2N3O2. The van der Waals surface area contributed by atoms with Gasteiger partial charge in [-0.2, -0.15) is 0 Å². The number of hydrogen-bond donors (Lipinski definition) is 1. The van der Waals surface area contributed by atoms with Crippen LogP contribution in [-0.4, -0.2) is 35.4 Å². The molecule has 0 fully saturated rings. The number of fused-ring (bicyclic) bond motifs is 1. The lowest BCUT2D eigenvalue weighted by Crippen LogP contribution is -2.26. The van der Waals surface area contributed by atoms with Crippen molar-refractivity contribution < 1.29 is 13.7 Å². The van der Waals surface area contributed by atoms with Crippen molar-refractivity contribution in [3.8, 4) is 0 Å². The van der Waals surface area contributed by atoms with Crippen LogP contribution in [0, 0.1) is 21.7 Å². The van der Waals surface area contributed by atoms with Gasteiger partial charge in [0.25, 0.3) is 0 Å². The number of nitro groups is 1. The van der Waals surface area contributed by atoms with E-state index in [1.807, 2.05) is 0 Å². The number of nitrogens with one attached hydrogen (secondary N) is 1. The van der Waals surface area contributed by atoms with Gasteiger partial charge in [-0.05, 0) is 20.2 Å². The first-order chi connectivity index (χ1) is 8.90. The zero-order valence-corrected chi connectivity index (χ0v) is 10.5. The molecule has 2 rings (SSSR count). The molecule has 0 spiro atoms. The molecule has 0 saturated carbocycles. The van der Waals surface area contributed by atoms with E-state index in [2.05, 4.69) is 4.98 Å². The Kier molecular flexibility index (Phi) is 3.48. The third-order valence-electron chi connectivity index (χ3n) is 3.03. The summed E-state index contributed by atoms with van der Waals surface area (Å²) in [7, 11) is 3.35. The van der Waals surface area contributed by atoms with Gasteiger partial charge in [0.2, 0.25) is 6.54 Å². The van der Waals surface area contributed by atoms with E-state index in [-0.39, 0.29) is 11.9 Å². The standard InChI is InChI=1S/C12H13F2N3O2/c1-16(2)11(6-17(18)19)8-5-15-10-4-7(13)3-9(14)12(8)10/h3-5,11,15H,6H2,1-2H3. The number of rotatable bonds is 4. The number of aromatic amines is 1. The predicted octanol–water partition coefficient (Wildman–Crippen LogP) is 2.33. The zero-order valence-electron chi connectivity index (χ0n) is 10.5. The summed E-state index contributed by atoms with van der Waals surface area (Å²) in [5, 5.41) is 10.9. The molecule has 1 heterocycles. The van der Waals surface area contributed by atoms with Gasteiger partial charge in [-0.25, -0.2) is 8.78 Å². The lowest BCUT2D eigenvalue weighted by Gasteiger charge is -2.20. The Hall–Kier alpha value is -2.02. The Morgan fingerprint density at radius 3 is 2.68 bits per heavy atom. The number of H-pyrrole nitrogens is 1. The summed E-state index contributed by atoms with van der Waals surface area (Å²) >= 11 is 0. The fourth-order valence-corrected chi connectivity index (χ4v) is 2.15. The highest BCUT2D eigenvalue weighted by atomic mass is 19.1. The number of nitrogens with zero attached hydrogens (tertiary/aromatic N) is 2. The van der Waals surface area contributed by atoms with Crippen molar-refractivity contribution in [2.24, 2.45) is 0 Å².